The summed E-state index contributed by atoms with van der Waals surface area (Å²) in [5, 5.41) is 4.31. The molecule has 2 fully saturated rings. The minimum Gasteiger partial charge on any atom is -0.376 e. The van der Waals surface area contributed by atoms with Gasteiger partial charge in [-0.3, -0.25) is 4.98 Å². The van der Waals surface area contributed by atoms with Crippen molar-refractivity contribution < 1.29 is 4.74 Å². The van der Waals surface area contributed by atoms with Crippen LogP contribution in [0, 0.1) is 6.92 Å². The second-order valence-corrected chi connectivity index (χ2v) is 8.44. The predicted molar refractivity (Wildman–Crippen MR) is 122 cm³/mol. The van der Waals surface area contributed by atoms with E-state index < -0.39 is 0 Å². The number of hydrogen-bond acceptors (Lipinski definition) is 3. The van der Waals surface area contributed by atoms with Gasteiger partial charge in [0.1, 0.15) is 0 Å². The van der Waals surface area contributed by atoms with E-state index >= 15 is 0 Å². The fourth-order valence-electron chi connectivity index (χ4n) is 4.51. The van der Waals surface area contributed by atoms with E-state index in [9.17, 15) is 0 Å². The normalized spacial score (nSPS) is 23.7. The molecule has 1 aromatic carbocycles. The van der Waals surface area contributed by atoms with Crippen molar-refractivity contribution in [2.24, 2.45) is 0 Å². The Hall–Kier alpha value is -2.70. The lowest BCUT2D eigenvalue weighted by Crippen LogP contribution is -2.36. The molecule has 0 bridgehead atoms. The lowest BCUT2D eigenvalue weighted by atomic mass is 10.0. The van der Waals surface area contributed by atoms with Gasteiger partial charge in [0.2, 0.25) is 0 Å². The maximum atomic E-state index is 5.95. The first-order chi connectivity index (χ1) is 14.7. The zero-order valence-electron chi connectivity index (χ0n) is 17.1. The van der Waals surface area contributed by atoms with Crippen molar-refractivity contribution >= 4 is 17.3 Å². The van der Waals surface area contributed by atoms with Gasteiger partial charge in [-0.15, -0.1) is 0 Å². The highest BCUT2D eigenvalue weighted by atomic mass is 32.1. The van der Waals surface area contributed by atoms with E-state index in [1.165, 1.54) is 11.3 Å². The molecule has 0 unspecified atom stereocenters. The van der Waals surface area contributed by atoms with Crippen LogP contribution in [0.1, 0.15) is 41.9 Å². The molecular formula is C24H26N4OS. The fraction of sp³-hybridized carbons (Fsp3) is 0.333. The number of aryl methyl sites for hydroxylation is 1. The van der Waals surface area contributed by atoms with Crippen molar-refractivity contribution in [1.29, 1.82) is 0 Å². The standard InChI is InChI=1S/C24H26N4OS/c1-17-9-11-18(12-10-17)27-14-4-8-21(27)23-22(20-7-2-3-13-25-20)26-24(30)28(23)16-19-6-5-15-29-19/h2-4,7-14,19,22-23H,5-6,15-16H2,1H3,(H,26,30)/t19-,22-,23-/m1/s1. The van der Waals surface area contributed by atoms with Crippen molar-refractivity contribution in [1.82, 2.24) is 19.8 Å². The van der Waals surface area contributed by atoms with Crippen LogP contribution in [0.2, 0.25) is 0 Å². The largest absolute Gasteiger partial charge is 0.376 e. The molecule has 5 rings (SSSR count). The van der Waals surface area contributed by atoms with Gasteiger partial charge >= 0.3 is 0 Å². The van der Waals surface area contributed by atoms with E-state index in [1.54, 1.807) is 0 Å². The van der Waals surface area contributed by atoms with E-state index in [-0.39, 0.29) is 18.2 Å². The average Bonchev–Trinajstić information content (AvgIpc) is 3.51. The van der Waals surface area contributed by atoms with Gasteiger partial charge in [-0.25, -0.2) is 0 Å². The minimum atomic E-state index is -0.0146. The monoisotopic (exact) mass is 418 g/mol. The van der Waals surface area contributed by atoms with Gasteiger partial charge in [0.15, 0.2) is 5.11 Å². The van der Waals surface area contributed by atoms with E-state index in [0.717, 1.165) is 42.5 Å². The quantitative estimate of drug-likeness (QED) is 0.625. The maximum Gasteiger partial charge on any atom is 0.170 e. The summed E-state index contributed by atoms with van der Waals surface area (Å²) in [6.07, 6.45) is 6.39. The van der Waals surface area contributed by atoms with Gasteiger partial charge < -0.3 is 19.5 Å². The number of nitrogens with zero attached hydrogens (tertiary/aromatic N) is 3. The van der Waals surface area contributed by atoms with Gasteiger partial charge in [-0.2, -0.15) is 0 Å². The Morgan fingerprint density at radius 3 is 2.73 bits per heavy atom. The van der Waals surface area contributed by atoms with Gasteiger partial charge in [0.25, 0.3) is 0 Å². The topological polar surface area (TPSA) is 42.3 Å². The molecule has 0 spiro atoms. The molecule has 0 amide bonds. The van der Waals surface area contributed by atoms with Crippen LogP contribution in [0.3, 0.4) is 0 Å². The molecule has 0 radical (unpaired) electrons. The summed E-state index contributed by atoms with van der Waals surface area (Å²) in [7, 11) is 0. The number of nitrogens with one attached hydrogen (secondary N) is 1. The highest BCUT2D eigenvalue weighted by molar-refractivity contribution is 7.80. The molecule has 2 saturated heterocycles. The SMILES string of the molecule is Cc1ccc(-n2cccc2[C@@H]2[C@@H](c3ccccn3)NC(=S)N2C[C@H]2CCCO2)cc1. The third-order valence-electron chi connectivity index (χ3n) is 6.02. The van der Waals surface area contributed by atoms with Crippen LogP contribution < -0.4 is 5.32 Å². The summed E-state index contributed by atoms with van der Waals surface area (Å²) in [6.45, 7) is 3.74. The maximum absolute atomic E-state index is 5.95. The zero-order valence-corrected chi connectivity index (χ0v) is 17.9. The molecular weight excluding hydrogens is 392 g/mol. The number of rotatable bonds is 5. The van der Waals surface area contributed by atoms with Gasteiger partial charge in [0.05, 0.1) is 23.9 Å². The lowest BCUT2D eigenvalue weighted by Gasteiger charge is -2.30. The van der Waals surface area contributed by atoms with E-state index in [2.05, 4.69) is 75.4 Å². The summed E-state index contributed by atoms with van der Waals surface area (Å²) >= 11 is 5.80. The average molecular weight is 419 g/mol. The molecule has 30 heavy (non-hydrogen) atoms. The van der Waals surface area contributed by atoms with Crippen LogP contribution in [0.15, 0.2) is 67.0 Å². The van der Waals surface area contributed by atoms with Gasteiger partial charge in [0, 0.05) is 36.9 Å². The molecule has 3 aromatic rings. The lowest BCUT2D eigenvalue weighted by molar-refractivity contribution is 0.0836. The first-order valence-electron chi connectivity index (χ1n) is 10.5. The third-order valence-corrected chi connectivity index (χ3v) is 6.37. The van der Waals surface area contributed by atoms with Gasteiger partial charge in [-0.1, -0.05) is 23.8 Å². The first-order valence-corrected chi connectivity index (χ1v) is 11.0. The third kappa shape index (κ3) is 3.61. The minimum absolute atomic E-state index is 0.0146. The predicted octanol–water partition coefficient (Wildman–Crippen LogP) is 4.33. The fourth-order valence-corrected chi connectivity index (χ4v) is 4.82. The number of thiocarbonyl (C=S) groups is 1. The molecule has 4 heterocycles. The Balaban J connectivity index is 1.56. The Kier molecular flexibility index (Phi) is 5.27. The Morgan fingerprint density at radius 2 is 2.00 bits per heavy atom. The number of ether oxygens (including phenoxy) is 1. The molecule has 0 aliphatic carbocycles. The summed E-state index contributed by atoms with van der Waals surface area (Å²) in [5.41, 5.74) is 4.59. The van der Waals surface area contributed by atoms with Crippen molar-refractivity contribution in [2.75, 3.05) is 13.2 Å². The Labute approximate surface area is 182 Å². The molecule has 154 valence electrons. The second kappa shape index (κ2) is 8.20. The number of hydrogen-bond donors (Lipinski definition) is 1. The van der Waals surface area contributed by atoms with Crippen LogP contribution in [0.4, 0.5) is 0 Å². The second-order valence-electron chi connectivity index (χ2n) is 8.05. The molecule has 3 atom stereocenters. The van der Waals surface area contributed by atoms with Crippen LogP contribution in [0.25, 0.3) is 5.69 Å². The van der Waals surface area contributed by atoms with Crippen LogP contribution in [-0.2, 0) is 4.74 Å². The van der Waals surface area contributed by atoms with Crippen LogP contribution >= 0.6 is 12.2 Å². The Morgan fingerprint density at radius 1 is 1.13 bits per heavy atom. The number of aromatic nitrogens is 2. The summed E-state index contributed by atoms with van der Waals surface area (Å²) < 4.78 is 8.21. The highest BCUT2D eigenvalue weighted by Gasteiger charge is 2.42. The molecule has 2 aliphatic heterocycles. The summed E-state index contributed by atoms with van der Waals surface area (Å²) in [5.74, 6) is 0. The van der Waals surface area contributed by atoms with Crippen LogP contribution in [-0.4, -0.2) is 38.8 Å². The molecule has 0 saturated carbocycles. The van der Waals surface area contributed by atoms with E-state index in [1.807, 2.05) is 18.3 Å². The van der Waals surface area contributed by atoms with Crippen molar-refractivity contribution in [3.05, 3.63) is 83.9 Å². The van der Waals surface area contributed by atoms with Crippen molar-refractivity contribution in [2.45, 2.75) is 38.0 Å². The van der Waals surface area contributed by atoms with Crippen molar-refractivity contribution in [3.8, 4) is 5.69 Å². The molecule has 2 aliphatic rings. The summed E-state index contributed by atoms with van der Waals surface area (Å²) in [4.78, 5) is 6.94. The smallest absolute Gasteiger partial charge is 0.170 e. The molecule has 2 aromatic heterocycles. The van der Waals surface area contributed by atoms with Gasteiger partial charge in [-0.05, 0) is 68.4 Å². The number of pyridine rings is 1. The van der Waals surface area contributed by atoms with E-state index in [4.69, 9.17) is 17.0 Å². The molecule has 1 N–H and O–H groups in total. The summed E-state index contributed by atoms with van der Waals surface area (Å²) in [6, 6.07) is 19.0. The highest BCUT2D eigenvalue weighted by Crippen LogP contribution is 2.40. The molecule has 5 nitrogen and oxygen atoms in total. The molecule has 6 heteroatoms. The Bertz CT molecular complexity index is 1010. The van der Waals surface area contributed by atoms with Crippen LogP contribution in [0.5, 0.6) is 0 Å². The number of benzene rings is 1. The zero-order chi connectivity index (χ0) is 20.5. The van der Waals surface area contributed by atoms with E-state index in [0.29, 0.717) is 0 Å². The van der Waals surface area contributed by atoms with Crippen molar-refractivity contribution in [3.63, 3.8) is 0 Å². The first kappa shape index (κ1) is 19.3.